The third-order valence-electron chi connectivity index (χ3n) is 10.1. The van der Waals surface area contributed by atoms with Gasteiger partial charge in [-0.1, -0.05) is 42.7 Å². The summed E-state index contributed by atoms with van der Waals surface area (Å²) in [5.74, 6) is -0.413. The van der Waals surface area contributed by atoms with Crippen molar-refractivity contribution in [2.24, 2.45) is 5.92 Å². The lowest BCUT2D eigenvalue weighted by molar-refractivity contribution is 0.0689. The number of aromatic nitrogens is 4. The lowest BCUT2D eigenvalue weighted by atomic mass is 9.89. The Balaban J connectivity index is 1.18. The molecule has 0 radical (unpaired) electrons. The van der Waals surface area contributed by atoms with Gasteiger partial charge in [-0.25, -0.2) is 19.6 Å². The lowest BCUT2D eigenvalue weighted by Gasteiger charge is -2.32. The maximum atomic E-state index is 13.9. The summed E-state index contributed by atoms with van der Waals surface area (Å²) in [5.41, 5.74) is 6.36. The molecule has 2 aromatic carbocycles. The van der Waals surface area contributed by atoms with Gasteiger partial charge in [-0.3, -0.25) is 4.68 Å². The van der Waals surface area contributed by atoms with Crippen molar-refractivity contribution in [1.29, 1.82) is 0 Å². The highest BCUT2D eigenvalue weighted by Crippen LogP contribution is 2.35. The number of hydrogen-bond donors (Lipinski definition) is 2. The fourth-order valence-electron chi connectivity index (χ4n) is 7.20. The third kappa shape index (κ3) is 6.95. The van der Waals surface area contributed by atoms with Gasteiger partial charge in [-0.05, 0) is 86.7 Å². The second kappa shape index (κ2) is 14.6. The Kier molecular flexibility index (Phi) is 9.82. The molecule has 0 atom stereocenters. The van der Waals surface area contributed by atoms with Gasteiger partial charge in [0.2, 0.25) is 0 Å². The van der Waals surface area contributed by atoms with E-state index in [2.05, 4.69) is 26.4 Å². The predicted octanol–water partition coefficient (Wildman–Crippen LogP) is 6.58. The molecule has 12 heteroatoms. The summed E-state index contributed by atoms with van der Waals surface area (Å²) >= 11 is 1.34. The average molecular weight is 694 g/mol. The Bertz CT molecular complexity index is 2000. The molecule has 1 aliphatic heterocycles. The molecule has 2 N–H and O–H groups in total. The standard InChI is InChI=1S/C38H43N7O4S/c1-24-30(21-40-45(24)22-25-9-5-4-6-10-25)28-13-14-34(42-35(28)36(46)47)44-17-15-26-19-27(43(3)18-16-39-2)20-29(31(26)23-44)37(48)49-38-41-32-11-7-8-12-33(32)50-38/h7-8,11-14,19-21,25,39H,4-6,9-10,15-18,22-23H2,1-3H3,(H,46,47). The van der Waals surface area contributed by atoms with Crippen LogP contribution in [-0.4, -0.2) is 70.5 Å². The number of thiazole rings is 1. The number of ether oxygens (including phenoxy) is 1. The van der Waals surface area contributed by atoms with Gasteiger partial charge in [-0.2, -0.15) is 5.10 Å². The first-order chi connectivity index (χ1) is 24.3. The van der Waals surface area contributed by atoms with Crippen molar-refractivity contribution in [3.8, 4) is 16.3 Å². The molecule has 4 heterocycles. The zero-order chi connectivity index (χ0) is 34.8. The largest absolute Gasteiger partial charge is 0.476 e. The van der Waals surface area contributed by atoms with Gasteiger partial charge in [0.25, 0.3) is 5.19 Å². The van der Waals surface area contributed by atoms with Crippen LogP contribution in [-0.2, 0) is 19.5 Å². The molecule has 7 rings (SSSR count). The van der Waals surface area contributed by atoms with E-state index in [0.717, 1.165) is 57.9 Å². The number of fused-ring (bicyclic) bond motifs is 2. The van der Waals surface area contributed by atoms with Gasteiger partial charge in [0, 0.05) is 62.3 Å². The maximum absolute atomic E-state index is 13.9. The van der Waals surface area contributed by atoms with Gasteiger partial charge in [0.05, 0.1) is 22.0 Å². The fraction of sp³-hybridized carbons (Fsp3) is 0.395. The van der Waals surface area contributed by atoms with Crippen LogP contribution in [0.1, 0.15) is 69.8 Å². The summed E-state index contributed by atoms with van der Waals surface area (Å²) in [6.07, 6.45) is 8.66. The molecule has 0 saturated heterocycles. The van der Waals surface area contributed by atoms with Crippen LogP contribution < -0.4 is 19.9 Å². The highest BCUT2D eigenvalue weighted by molar-refractivity contribution is 7.20. The molecule has 11 nitrogen and oxygen atoms in total. The van der Waals surface area contributed by atoms with Crippen LogP contribution in [0.2, 0.25) is 0 Å². The molecule has 0 spiro atoms. The Morgan fingerprint density at radius 3 is 2.68 bits per heavy atom. The number of aromatic carboxylic acids is 1. The second-order valence-electron chi connectivity index (χ2n) is 13.4. The van der Waals surface area contributed by atoms with Crippen molar-refractivity contribution in [2.75, 3.05) is 43.5 Å². The van der Waals surface area contributed by atoms with Crippen LogP contribution in [0.15, 0.2) is 54.7 Å². The van der Waals surface area contributed by atoms with E-state index in [0.29, 0.717) is 47.6 Å². The molecule has 2 aliphatic rings. The Morgan fingerprint density at radius 1 is 1.08 bits per heavy atom. The number of pyridine rings is 1. The smallest absolute Gasteiger partial charge is 0.355 e. The predicted molar refractivity (Wildman–Crippen MR) is 197 cm³/mol. The first kappa shape index (κ1) is 33.7. The maximum Gasteiger partial charge on any atom is 0.355 e. The summed E-state index contributed by atoms with van der Waals surface area (Å²) < 4.78 is 8.87. The number of hydrogen-bond acceptors (Lipinski definition) is 10. The minimum Gasteiger partial charge on any atom is -0.476 e. The van der Waals surface area contributed by atoms with E-state index in [1.165, 1.54) is 43.4 Å². The van der Waals surface area contributed by atoms with Crippen molar-refractivity contribution < 1.29 is 19.4 Å². The van der Waals surface area contributed by atoms with Crippen LogP contribution in [0.5, 0.6) is 5.19 Å². The number of anilines is 2. The zero-order valence-corrected chi connectivity index (χ0v) is 29.6. The number of carboxylic acids is 1. The van der Waals surface area contributed by atoms with Gasteiger partial charge >= 0.3 is 11.9 Å². The van der Waals surface area contributed by atoms with E-state index < -0.39 is 11.9 Å². The first-order valence-electron chi connectivity index (χ1n) is 17.4. The fourth-order valence-corrected chi connectivity index (χ4v) is 8.01. The van der Waals surface area contributed by atoms with Crippen molar-refractivity contribution in [3.05, 3.63) is 82.8 Å². The summed E-state index contributed by atoms with van der Waals surface area (Å²) in [6.45, 7) is 5.41. The Hall–Kier alpha value is -4.81. The van der Waals surface area contributed by atoms with E-state index in [4.69, 9.17) is 9.72 Å². The number of nitrogens with one attached hydrogen (secondary N) is 1. The van der Waals surface area contributed by atoms with Crippen molar-refractivity contribution in [1.82, 2.24) is 25.1 Å². The number of para-hydroxylation sites is 1. The quantitative estimate of drug-likeness (QED) is 0.147. The molecule has 0 unspecified atom stereocenters. The zero-order valence-electron chi connectivity index (χ0n) is 28.8. The van der Waals surface area contributed by atoms with Crippen LogP contribution in [0.25, 0.3) is 21.3 Å². The summed E-state index contributed by atoms with van der Waals surface area (Å²) in [7, 11) is 3.93. The summed E-state index contributed by atoms with van der Waals surface area (Å²) in [6, 6.07) is 15.5. The SMILES string of the molecule is CNCCN(C)c1cc2c(c(C(=O)Oc3nc4ccccc4s3)c1)CN(c1ccc(-c3cnn(CC4CCCCC4)c3C)c(C(=O)O)n1)CC2. The summed E-state index contributed by atoms with van der Waals surface area (Å²) in [5, 5.41) is 18.5. The van der Waals surface area contributed by atoms with E-state index in [1.54, 1.807) is 6.20 Å². The minimum absolute atomic E-state index is 0.00871. The number of rotatable bonds is 11. The number of carbonyl (C=O) groups is 2. The van der Waals surface area contributed by atoms with Crippen molar-refractivity contribution in [2.45, 2.75) is 58.5 Å². The van der Waals surface area contributed by atoms with E-state index in [-0.39, 0.29) is 5.69 Å². The van der Waals surface area contributed by atoms with Crippen LogP contribution in [0, 0.1) is 12.8 Å². The lowest BCUT2D eigenvalue weighted by Crippen LogP contribution is -2.34. The highest BCUT2D eigenvalue weighted by atomic mass is 32.1. The normalized spacial score (nSPS) is 14.9. The van der Waals surface area contributed by atoms with Crippen LogP contribution in [0.4, 0.5) is 11.5 Å². The molecule has 3 aromatic heterocycles. The van der Waals surface area contributed by atoms with Crippen molar-refractivity contribution >= 4 is 45.0 Å². The molecule has 0 amide bonds. The number of carbonyl (C=O) groups excluding carboxylic acids is 1. The first-order valence-corrected chi connectivity index (χ1v) is 18.2. The molecular formula is C38H43N7O4S. The molecule has 1 aliphatic carbocycles. The second-order valence-corrected chi connectivity index (χ2v) is 14.4. The topological polar surface area (TPSA) is 126 Å². The third-order valence-corrected chi connectivity index (χ3v) is 11.0. The van der Waals surface area contributed by atoms with Gasteiger partial charge < -0.3 is 25.0 Å². The van der Waals surface area contributed by atoms with E-state index in [1.807, 2.05) is 73.1 Å². The average Bonchev–Trinajstić information content (AvgIpc) is 3.71. The Morgan fingerprint density at radius 2 is 1.90 bits per heavy atom. The van der Waals surface area contributed by atoms with Crippen molar-refractivity contribution in [3.63, 3.8) is 0 Å². The van der Waals surface area contributed by atoms with E-state index in [9.17, 15) is 14.7 Å². The molecule has 50 heavy (non-hydrogen) atoms. The molecule has 5 aromatic rings. The van der Waals surface area contributed by atoms with Gasteiger partial charge in [0.1, 0.15) is 5.82 Å². The molecular weight excluding hydrogens is 651 g/mol. The monoisotopic (exact) mass is 693 g/mol. The number of benzene rings is 2. The molecule has 0 bridgehead atoms. The number of likely N-dealkylation sites (N-methyl/N-ethyl adjacent to an activating group) is 2. The summed E-state index contributed by atoms with van der Waals surface area (Å²) in [4.78, 5) is 39.9. The van der Waals surface area contributed by atoms with Crippen LogP contribution in [0.3, 0.4) is 0 Å². The number of esters is 1. The highest BCUT2D eigenvalue weighted by Gasteiger charge is 2.28. The number of nitrogens with zero attached hydrogens (tertiary/aromatic N) is 6. The van der Waals surface area contributed by atoms with Crippen LogP contribution >= 0.6 is 11.3 Å². The minimum atomic E-state index is -1.09. The number of carboxylic acid groups (broad SMARTS) is 1. The molecule has 260 valence electrons. The van der Waals surface area contributed by atoms with Gasteiger partial charge in [0.15, 0.2) is 5.69 Å². The van der Waals surface area contributed by atoms with E-state index >= 15 is 0 Å². The van der Waals surface area contributed by atoms with Gasteiger partial charge in [-0.15, -0.1) is 0 Å². The Labute approximate surface area is 295 Å². The molecule has 1 saturated carbocycles. The molecule has 1 fully saturated rings.